The van der Waals surface area contributed by atoms with Gasteiger partial charge in [0.1, 0.15) is 5.75 Å². The third-order valence-electron chi connectivity index (χ3n) is 6.05. The second kappa shape index (κ2) is 7.95. The SMILES string of the molecule is COc1ccc(C2(C3CCN(C(C)CC(N)=O)CC3)Oc3ccccc3O2)cc1. The van der Waals surface area contributed by atoms with E-state index in [1.54, 1.807) is 7.11 Å². The van der Waals surface area contributed by atoms with Crippen LogP contribution < -0.4 is 19.9 Å². The standard InChI is InChI=1S/C23H28N2O4/c1-16(15-22(24)26)25-13-11-18(12-14-25)23(17-7-9-19(27-2)10-8-17)28-20-5-3-4-6-21(20)29-23/h3-10,16,18H,11-15H2,1-2H3,(H2,24,26). The Morgan fingerprint density at radius 2 is 1.72 bits per heavy atom. The number of carbonyl (C=O) groups is 1. The molecule has 0 aromatic heterocycles. The van der Waals surface area contributed by atoms with E-state index < -0.39 is 5.79 Å². The average Bonchev–Trinajstić information content (AvgIpc) is 3.14. The van der Waals surface area contributed by atoms with Gasteiger partial charge in [-0.1, -0.05) is 12.1 Å². The summed E-state index contributed by atoms with van der Waals surface area (Å²) in [4.78, 5) is 13.6. The number of ether oxygens (including phenoxy) is 3. The molecule has 1 saturated heterocycles. The van der Waals surface area contributed by atoms with Gasteiger partial charge in [-0.15, -0.1) is 0 Å². The van der Waals surface area contributed by atoms with Gasteiger partial charge in [-0.25, -0.2) is 0 Å². The number of hydrogen-bond donors (Lipinski definition) is 1. The topological polar surface area (TPSA) is 74.0 Å². The number of amides is 1. The summed E-state index contributed by atoms with van der Waals surface area (Å²) in [5, 5.41) is 0. The van der Waals surface area contributed by atoms with Crippen molar-refractivity contribution in [2.45, 2.75) is 38.0 Å². The molecule has 0 saturated carbocycles. The van der Waals surface area contributed by atoms with Crippen LogP contribution in [0.3, 0.4) is 0 Å². The lowest BCUT2D eigenvalue weighted by Gasteiger charge is -2.42. The Bertz CT molecular complexity index is 834. The number of para-hydroxylation sites is 2. The van der Waals surface area contributed by atoms with Gasteiger partial charge in [0.25, 0.3) is 5.79 Å². The van der Waals surface area contributed by atoms with Crippen molar-refractivity contribution in [3.05, 3.63) is 54.1 Å². The highest BCUT2D eigenvalue weighted by Crippen LogP contribution is 2.50. The first-order valence-corrected chi connectivity index (χ1v) is 10.2. The number of nitrogens with zero attached hydrogens (tertiary/aromatic N) is 1. The molecule has 2 aliphatic heterocycles. The molecule has 0 bridgehead atoms. The lowest BCUT2D eigenvalue weighted by atomic mass is 9.83. The second-order valence-electron chi connectivity index (χ2n) is 7.88. The molecule has 0 spiro atoms. The van der Waals surface area contributed by atoms with Gasteiger partial charge in [0.15, 0.2) is 11.5 Å². The van der Waals surface area contributed by atoms with E-state index in [0.29, 0.717) is 6.42 Å². The third-order valence-corrected chi connectivity index (χ3v) is 6.05. The van der Waals surface area contributed by atoms with E-state index in [0.717, 1.165) is 48.7 Å². The third kappa shape index (κ3) is 3.77. The van der Waals surface area contributed by atoms with Crippen LogP contribution in [0.15, 0.2) is 48.5 Å². The van der Waals surface area contributed by atoms with Gasteiger partial charge in [0.2, 0.25) is 5.91 Å². The molecule has 6 nitrogen and oxygen atoms in total. The molecule has 1 amide bonds. The van der Waals surface area contributed by atoms with Crippen molar-refractivity contribution in [3.63, 3.8) is 0 Å². The molecule has 2 heterocycles. The normalized spacial score (nSPS) is 19.7. The fourth-order valence-electron chi connectivity index (χ4n) is 4.45. The van der Waals surface area contributed by atoms with Gasteiger partial charge in [-0.05, 0) is 69.3 Å². The van der Waals surface area contributed by atoms with Crippen LogP contribution in [-0.2, 0) is 10.6 Å². The first-order chi connectivity index (χ1) is 14.0. The predicted octanol–water partition coefficient (Wildman–Crippen LogP) is 3.30. The van der Waals surface area contributed by atoms with Gasteiger partial charge >= 0.3 is 0 Å². The van der Waals surface area contributed by atoms with Crippen LogP contribution in [0.2, 0.25) is 0 Å². The highest BCUT2D eigenvalue weighted by molar-refractivity contribution is 5.74. The maximum absolute atomic E-state index is 11.3. The molecule has 2 aromatic rings. The van der Waals surface area contributed by atoms with Crippen molar-refractivity contribution >= 4 is 5.91 Å². The monoisotopic (exact) mass is 396 g/mol. The van der Waals surface area contributed by atoms with Gasteiger partial charge in [0, 0.05) is 23.9 Å². The number of benzene rings is 2. The lowest BCUT2D eigenvalue weighted by Crippen LogP contribution is -2.50. The van der Waals surface area contributed by atoms with Crippen LogP contribution in [-0.4, -0.2) is 37.0 Å². The minimum atomic E-state index is -0.852. The molecule has 29 heavy (non-hydrogen) atoms. The molecule has 1 atom stereocenters. The Morgan fingerprint density at radius 1 is 1.14 bits per heavy atom. The average molecular weight is 396 g/mol. The van der Waals surface area contributed by atoms with Crippen LogP contribution in [0.25, 0.3) is 0 Å². The molecule has 1 fully saturated rings. The van der Waals surface area contributed by atoms with E-state index in [-0.39, 0.29) is 17.9 Å². The first-order valence-electron chi connectivity index (χ1n) is 10.2. The number of rotatable bonds is 6. The summed E-state index contributed by atoms with van der Waals surface area (Å²) in [6, 6.07) is 15.9. The highest BCUT2D eigenvalue weighted by atomic mass is 16.7. The lowest BCUT2D eigenvalue weighted by molar-refractivity contribution is -0.150. The quantitative estimate of drug-likeness (QED) is 0.811. The minimum absolute atomic E-state index is 0.146. The van der Waals surface area contributed by atoms with Crippen molar-refractivity contribution < 1.29 is 19.0 Å². The summed E-state index contributed by atoms with van der Waals surface area (Å²) >= 11 is 0. The Kier molecular flexibility index (Phi) is 5.37. The number of primary amides is 1. The van der Waals surface area contributed by atoms with Crippen molar-refractivity contribution in [2.24, 2.45) is 11.7 Å². The molecule has 0 radical (unpaired) electrons. The van der Waals surface area contributed by atoms with E-state index in [9.17, 15) is 4.79 Å². The molecule has 2 N–H and O–H groups in total. The summed E-state index contributed by atoms with van der Waals surface area (Å²) in [7, 11) is 1.66. The van der Waals surface area contributed by atoms with Gasteiger partial charge < -0.3 is 24.8 Å². The molecule has 1 unspecified atom stereocenters. The maximum atomic E-state index is 11.3. The zero-order chi connectivity index (χ0) is 20.4. The van der Waals surface area contributed by atoms with Crippen molar-refractivity contribution in [1.29, 1.82) is 0 Å². The Morgan fingerprint density at radius 3 is 2.24 bits per heavy atom. The zero-order valence-corrected chi connectivity index (χ0v) is 17.0. The molecule has 2 aromatic carbocycles. The summed E-state index contributed by atoms with van der Waals surface area (Å²) in [5.41, 5.74) is 6.36. The van der Waals surface area contributed by atoms with Crippen LogP contribution in [0.5, 0.6) is 17.2 Å². The minimum Gasteiger partial charge on any atom is -0.497 e. The van der Waals surface area contributed by atoms with E-state index in [1.807, 2.05) is 48.5 Å². The summed E-state index contributed by atoms with van der Waals surface area (Å²) in [6.07, 6.45) is 2.19. The van der Waals surface area contributed by atoms with E-state index in [4.69, 9.17) is 19.9 Å². The van der Waals surface area contributed by atoms with E-state index in [1.165, 1.54) is 0 Å². The number of piperidine rings is 1. The van der Waals surface area contributed by atoms with Crippen molar-refractivity contribution in [2.75, 3.05) is 20.2 Å². The fraction of sp³-hybridized carbons (Fsp3) is 0.435. The molecule has 0 aliphatic carbocycles. The second-order valence-corrected chi connectivity index (χ2v) is 7.88. The molecular weight excluding hydrogens is 368 g/mol. The van der Waals surface area contributed by atoms with Crippen molar-refractivity contribution in [3.8, 4) is 17.2 Å². The van der Waals surface area contributed by atoms with Crippen LogP contribution in [0.1, 0.15) is 31.7 Å². The summed E-state index contributed by atoms with van der Waals surface area (Å²) < 4.78 is 18.3. The number of hydrogen-bond acceptors (Lipinski definition) is 5. The number of likely N-dealkylation sites (tertiary alicyclic amines) is 1. The Labute approximate surface area is 171 Å². The van der Waals surface area contributed by atoms with Crippen molar-refractivity contribution in [1.82, 2.24) is 4.90 Å². The number of nitrogens with two attached hydrogens (primary N) is 1. The Balaban J connectivity index is 1.58. The summed E-state index contributed by atoms with van der Waals surface area (Å²) in [5.74, 6) is 1.41. The van der Waals surface area contributed by atoms with Crippen LogP contribution in [0, 0.1) is 5.92 Å². The summed E-state index contributed by atoms with van der Waals surface area (Å²) in [6.45, 7) is 3.81. The van der Waals surface area contributed by atoms with Gasteiger partial charge in [0.05, 0.1) is 7.11 Å². The molecule has 6 heteroatoms. The van der Waals surface area contributed by atoms with Crippen LogP contribution >= 0.6 is 0 Å². The van der Waals surface area contributed by atoms with Gasteiger partial charge in [-0.3, -0.25) is 4.79 Å². The number of fused-ring (bicyclic) bond motifs is 1. The smallest absolute Gasteiger partial charge is 0.281 e. The van der Waals surface area contributed by atoms with E-state index in [2.05, 4.69) is 11.8 Å². The molecule has 2 aliphatic rings. The molecule has 4 rings (SSSR count). The Hall–Kier alpha value is -2.73. The predicted molar refractivity (Wildman–Crippen MR) is 110 cm³/mol. The number of methoxy groups -OCH3 is 1. The van der Waals surface area contributed by atoms with Crippen LogP contribution in [0.4, 0.5) is 0 Å². The maximum Gasteiger partial charge on any atom is 0.281 e. The molecule has 154 valence electrons. The largest absolute Gasteiger partial charge is 0.497 e. The molecular formula is C23H28N2O4. The number of carbonyl (C=O) groups excluding carboxylic acids is 1. The fourth-order valence-corrected chi connectivity index (χ4v) is 4.45. The zero-order valence-electron chi connectivity index (χ0n) is 17.0. The first kappa shape index (κ1) is 19.6. The highest BCUT2D eigenvalue weighted by Gasteiger charge is 2.51. The van der Waals surface area contributed by atoms with Gasteiger partial charge in [-0.2, -0.15) is 0 Å². The van der Waals surface area contributed by atoms with E-state index >= 15 is 0 Å².